The van der Waals surface area contributed by atoms with Crippen LogP contribution in [0.3, 0.4) is 0 Å². The number of amides is 1. The average Bonchev–Trinajstić information content (AvgIpc) is 3.01. The first kappa shape index (κ1) is 18.7. The molecule has 27 heavy (non-hydrogen) atoms. The SMILES string of the molecule is CCc1ccc(C2=CN(C(=O)c3cccc(C#N)c3)C(C)(C)C2)cc1OC. The molecule has 1 heterocycles. The van der Waals surface area contributed by atoms with E-state index in [4.69, 9.17) is 10.00 Å². The van der Waals surface area contributed by atoms with Gasteiger partial charge in [-0.1, -0.05) is 25.1 Å². The van der Waals surface area contributed by atoms with Gasteiger partial charge in [-0.25, -0.2) is 0 Å². The molecule has 0 N–H and O–H groups in total. The molecule has 2 aromatic rings. The smallest absolute Gasteiger partial charge is 0.258 e. The summed E-state index contributed by atoms with van der Waals surface area (Å²) in [5.74, 6) is 0.782. The number of aryl methyl sites for hydroxylation is 1. The van der Waals surface area contributed by atoms with E-state index >= 15 is 0 Å². The second kappa shape index (κ2) is 7.28. The van der Waals surface area contributed by atoms with Gasteiger partial charge in [0.05, 0.1) is 18.7 Å². The van der Waals surface area contributed by atoms with Gasteiger partial charge >= 0.3 is 0 Å². The number of carbonyl (C=O) groups excluding carboxylic acids is 1. The van der Waals surface area contributed by atoms with E-state index in [9.17, 15) is 4.79 Å². The van der Waals surface area contributed by atoms with Gasteiger partial charge in [-0.2, -0.15) is 5.26 Å². The van der Waals surface area contributed by atoms with Crippen molar-refractivity contribution in [1.29, 1.82) is 5.26 Å². The summed E-state index contributed by atoms with van der Waals surface area (Å²) in [4.78, 5) is 14.9. The Morgan fingerprint density at radius 3 is 2.70 bits per heavy atom. The molecule has 4 nitrogen and oxygen atoms in total. The highest BCUT2D eigenvalue weighted by atomic mass is 16.5. The number of methoxy groups -OCH3 is 1. The quantitative estimate of drug-likeness (QED) is 0.787. The van der Waals surface area contributed by atoms with Crippen LogP contribution in [0.1, 0.15) is 54.2 Å². The minimum Gasteiger partial charge on any atom is -0.496 e. The number of nitrogens with zero attached hydrogens (tertiary/aromatic N) is 2. The van der Waals surface area contributed by atoms with Crippen molar-refractivity contribution < 1.29 is 9.53 Å². The van der Waals surface area contributed by atoms with Crippen molar-refractivity contribution in [3.05, 3.63) is 70.9 Å². The molecule has 0 bridgehead atoms. The van der Waals surface area contributed by atoms with Crippen molar-refractivity contribution >= 4 is 11.5 Å². The van der Waals surface area contributed by atoms with E-state index in [0.29, 0.717) is 11.1 Å². The van der Waals surface area contributed by atoms with E-state index in [0.717, 1.165) is 29.7 Å². The van der Waals surface area contributed by atoms with Gasteiger partial charge in [-0.15, -0.1) is 0 Å². The van der Waals surface area contributed by atoms with E-state index in [2.05, 4.69) is 39.0 Å². The fraction of sp³-hybridized carbons (Fsp3) is 0.304. The third-order valence-corrected chi connectivity index (χ3v) is 5.06. The Hall–Kier alpha value is -3.06. The lowest BCUT2D eigenvalue weighted by Crippen LogP contribution is -2.40. The van der Waals surface area contributed by atoms with Crippen LogP contribution in [0, 0.1) is 11.3 Å². The maximum absolute atomic E-state index is 13.1. The lowest BCUT2D eigenvalue weighted by atomic mass is 9.93. The summed E-state index contributed by atoms with van der Waals surface area (Å²) in [6.07, 6.45) is 3.60. The van der Waals surface area contributed by atoms with Crippen LogP contribution >= 0.6 is 0 Å². The van der Waals surface area contributed by atoms with Gasteiger partial charge in [0.1, 0.15) is 5.75 Å². The van der Waals surface area contributed by atoms with Crippen molar-refractivity contribution in [3.8, 4) is 11.8 Å². The predicted octanol–water partition coefficient (Wildman–Crippen LogP) is 4.79. The second-order valence-corrected chi connectivity index (χ2v) is 7.39. The number of carbonyl (C=O) groups is 1. The molecule has 0 aliphatic carbocycles. The Labute approximate surface area is 160 Å². The molecular formula is C23H24N2O2. The summed E-state index contributed by atoms with van der Waals surface area (Å²) in [7, 11) is 1.68. The second-order valence-electron chi connectivity index (χ2n) is 7.39. The van der Waals surface area contributed by atoms with Gasteiger partial charge in [-0.3, -0.25) is 4.79 Å². The molecule has 1 aliphatic rings. The molecular weight excluding hydrogens is 336 g/mol. The Morgan fingerprint density at radius 2 is 2.04 bits per heavy atom. The molecule has 0 saturated carbocycles. The zero-order valence-corrected chi connectivity index (χ0v) is 16.2. The number of rotatable bonds is 4. The first-order valence-corrected chi connectivity index (χ1v) is 9.11. The maximum atomic E-state index is 13.1. The van der Waals surface area contributed by atoms with Gasteiger partial charge in [0, 0.05) is 17.3 Å². The number of hydrogen-bond donors (Lipinski definition) is 0. The van der Waals surface area contributed by atoms with E-state index in [1.807, 2.05) is 12.3 Å². The highest BCUT2D eigenvalue weighted by Crippen LogP contribution is 2.39. The zero-order chi connectivity index (χ0) is 19.6. The molecule has 0 atom stereocenters. The summed E-state index contributed by atoms with van der Waals surface area (Å²) in [6, 6.07) is 15.2. The Morgan fingerprint density at radius 1 is 1.26 bits per heavy atom. The largest absolute Gasteiger partial charge is 0.496 e. The molecule has 0 aromatic heterocycles. The molecule has 138 valence electrons. The number of nitriles is 1. The number of benzene rings is 2. The lowest BCUT2D eigenvalue weighted by molar-refractivity contribution is 0.0712. The third-order valence-electron chi connectivity index (χ3n) is 5.06. The van der Waals surface area contributed by atoms with Gasteiger partial charge in [0.25, 0.3) is 5.91 Å². The highest BCUT2D eigenvalue weighted by Gasteiger charge is 2.37. The molecule has 4 heteroatoms. The first-order valence-electron chi connectivity index (χ1n) is 9.11. The maximum Gasteiger partial charge on any atom is 0.258 e. The first-order chi connectivity index (χ1) is 12.9. The third kappa shape index (κ3) is 3.59. The molecule has 1 aliphatic heterocycles. The van der Waals surface area contributed by atoms with E-state index in [1.54, 1.807) is 36.3 Å². The summed E-state index contributed by atoms with van der Waals surface area (Å²) < 4.78 is 5.52. The fourth-order valence-corrected chi connectivity index (χ4v) is 3.53. The Bertz CT molecular complexity index is 951. The molecule has 2 aromatic carbocycles. The Kier molecular flexibility index (Phi) is 5.05. The van der Waals surface area contributed by atoms with Gasteiger partial charge in [0.2, 0.25) is 0 Å². The van der Waals surface area contributed by atoms with Crippen molar-refractivity contribution in [1.82, 2.24) is 4.90 Å². The molecule has 0 saturated heterocycles. The number of ether oxygens (including phenoxy) is 1. The predicted molar refractivity (Wildman–Crippen MR) is 106 cm³/mol. The van der Waals surface area contributed by atoms with E-state index in [1.165, 1.54) is 5.56 Å². The minimum atomic E-state index is -0.342. The zero-order valence-electron chi connectivity index (χ0n) is 16.2. The topological polar surface area (TPSA) is 53.3 Å². The molecule has 0 radical (unpaired) electrons. The van der Waals surface area contributed by atoms with Gasteiger partial charge in [0.15, 0.2) is 0 Å². The van der Waals surface area contributed by atoms with Crippen LogP contribution < -0.4 is 4.74 Å². The molecule has 0 spiro atoms. The lowest BCUT2D eigenvalue weighted by Gasteiger charge is -2.31. The average molecular weight is 360 g/mol. The van der Waals surface area contributed by atoms with Crippen molar-refractivity contribution in [2.75, 3.05) is 7.11 Å². The summed E-state index contributed by atoms with van der Waals surface area (Å²) in [5, 5.41) is 9.10. The van der Waals surface area contributed by atoms with Crippen LogP contribution in [0.5, 0.6) is 5.75 Å². The Balaban J connectivity index is 1.96. The van der Waals surface area contributed by atoms with Gasteiger partial charge < -0.3 is 9.64 Å². The van der Waals surface area contributed by atoms with Crippen molar-refractivity contribution in [2.45, 2.75) is 39.2 Å². The normalized spacial score (nSPS) is 15.2. The van der Waals surface area contributed by atoms with Crippen LogP contribution in [0.2, 0.25) is 0 Å². The van der Waals surface area contributed by atoms with Crippen LogP contribution in [-0.4, -0.2) is 23.5 Å². The molecule has 1 amide bonds. The van der Waals surface area contributed by atoms with E-state index < -0.39 is 0 Å². The van der Waals surface area contributed by atoms with Crippen LogP contribution in [-0.2, 0) is 6.42 Å². The van der Waals surface area contributed by atoms with Crippen LogP contribution in [0.25, 0.3) is 5.57 Å². The monoisotopic (exact) mass is 360 g/mol. The van der Waals surface area contributed by atoms with Crippen molar-refractivity contribution in [2.24, 2.45) is 0 Å². The van der Waals surface area contributed by atoms with E-state index in [-0.39, 0.29) is 11.4 Å². The highest BCUT2D eigenvalue weighted by molar-refractivity contribution is 5.97. The molecule has 0 fully saturated rings. The number of hydrogen-bond acceptors (Lipinski definition) is 3. The van der Waals surface area contributed by atoms with Gasteiger partial charge in [-0.05, 0) is 67.7 Å². The summed E-state index contributed by atoms with van der Waals surface area (Å²) in [5.41, 5.74) is 4.01. The van der Waals surface area contributed by atoms with Crippen molar-refractivity contribution in [3.63, 3.8) is 0 Å². The fourth-order valence-electron chi connectivity index (χ4n) is 3.53. The van der Waals surface area contributed by atoms with Crippen LogP contribution in [0.4, 0.5) is 0 Å². The summed E-state index contributed by atoms with van der Waals surface area (Å²) >= 11 is 0. The van der Waals surface area contributed by atoms with Crippen LogP contribution in [0.15, 0.2) is 48.7 Å². The minimum absolute atomic E-state index is 0.0933. The standard InChI is InChI=1S/C23H24N2O2/c1-5-17-9-10-18(12-21(17)27-4)20-13-23(2,3)25(15-20)22(26)19-8-6-7-16(11-19)14-24/h6-12,15H,5,13H2,1-4H3. The molecule has 0 unspecified atom stereocenters. The molecule has 3 rings (SSSR count). The summed E-state index contributed by atoms with van der Waals surface area (Å²) in [6.45, 7) is 6.21.